The Morgan fingerprint density at radius 1 is 1.27 bits per heavy atom. The van der Waals surface area contributed by atoms with Gasteiger partial charge in [0.25, 0.3) is 5.91 Å². The monoisotopic (exact) mass is 547 g/mol. The summed E-state index contributed by atoms with van der Waals surface area (Å²) in [5, 5.41) is 3.23. The molecule has 1 unspecified atom stereocenters. The molecule has 1 aromatic carbocycles. The number of fused-ring (bicyclic) bond motifs is 1. The number of rotatable bonds is 11. The van der Waals surface area contributed by atoms with Gasteiger partial charge in [0.2, 0.25) is 15.7 Å². The van der Waals surface area contributed by atoms with Gasteiger partial charge in [-0.25, -0.2) is 8.42 Å². The van der Waals surface area contributed by atoms with Crippen LogP contribution in [-0.4, -0.2) is 58.6 Å². The van der Waals surface area contributed by atoms with E-state index in [2.05, 4.69) is 5.32 Å². The first-order valence-electron chi connectivity index (χ1n) is 12.4. The third-order valence-corrected chi connectivity index (χ3v) is 9.53. The van der Waals surface area contributed by atoms with Crippen molar-refractivity contribution in [3.8, 4) is 11.3 Å². The van der Waals surface area contributed by atoms with Crippen LogP contribution >= 0.6 is 7.37 Å². The van der Waals surface area contributed by atoms with Crippen molar-refractivity contribution in [2.45, 2.75) is 39.0 Å². The van der Waals surface area contributed by atoms with Crippen molar-refractivity contribution in [1.29, 1.82) is 0 Å². The van der Waals surface area contributed by atoms with Gasteiger partial charge in [-0.1, -0.05) is 29.8 Å². The number of benzene rings is 1. The fraction of sp³-hybridized carbons (Fsp3) is 0.462. The van der Waals surface area contributed by atoms with Crippen LogP contribution < -0.4 is 9.62 Å². The van der Waals surface area contributed by atoms with Gasteiger partial charge in [-0.05, 0) is 50.7 Å². The highest BCUT2D eigenvalue weighted by Crippen LogP contribution is 2.47. The van der Waals surface area contributed by atoms with Gasteiger partial charge in [-0.3, -0.25) is 13.7 Å². The molecule has 1 saturated carbocycles. The number of aryl methyl sites for hydroxylation is 1. The third-order valence-electron chi connectivity index (χ3n) is 6.44. The number of pyridine rings is 1. The standard InChI is InChI=1S/C26H34N3O6PS/c1-6-34-36(4,31)15-7-14-29(37(5,32)33)24-20(18-12-13-18)16-21-22(25(30)27-3)23(35-26(21)28-24)19-10-8-17(2)9-11-19/h8-11,16,18H,6-7,12-15H2,1-5H3,(H,27,30). The van der Waals surface area contributed by atoms with Crippen LogP contribution in [0.1, 0.15) is 53.6 Å². The zero-order valence-corrected chi connectivity index (χ0v) is 23.6. The summed E-state index contributed by atoms with van der Waals surface area (Å²) in [6.45, 7) is 5.76. The summed E-state index contributed by atoms with van der Waals surface area (Å²) in [5.41, 5.74) is 3.13. The van der Waals surface area contributed by atoms with Gasteiger partial charge in [0.05, 0.1) is 23.8 Å². The van der Waals surface area contributed by atoms with Gasteiger partial charge >= 0.3 is 0 Å². The molecule has 1 aliphatic rings. The molecule has 2 heterocycles. The number of nitrogens with one attached hydrogen (secondary N) is 1. The first-order valence-corrected chi connectivity index (χ1v) is 16.5. The van der Waals surface area contributed by atoms with E-state index < -0.39 is 17.4 Å². The Hall–Kier alpha value is -2.68. The SMILES string of the molecule is CCOP(C)(=O)CCCN(c1nc2oc(-c3ccc(C)cc3)c(C(=O)NC)c2cc1C1CC1)S(C)(=O)=O. The number of aromatic nitrogens is 1. The number of nitrogens with zero attached hydrogens (tertiary/aromatic N) is 2. The van der Waals surface area contributed by atoms with Crippen LogP contribution in [0.5, 0.6) is 0 Å². The van der Waals surface area contributed by atoms with Crippen LogP contribution in [0.4, 0.5) is 5.82 Å². The second-order valence-electron chi connectivity index (χ2n) is 9.62. The third kappa shape index (κ3) is 6.08. The molecule has 9 nitrogen and oxygen atoms in total. The smallest absolute Gasteiger partial charge is 0.255 e. The molecule has 0 spiro atoms. The predicted molar refractivity (Wildman–Crippen MR) is 146 cm³/mol. The van der Waals surface area contributed by atoms with Crippen molar-refractivity contribution < 1.29 is 26.7 Å². The molecule has 2 aromatic heterocycles. The molecule has 0 bridgehead atoms. The molecule has 1 atom stereocenters. The van der Waals surface area contributed by atoms with Crippen molar-refractivity contribution >= 4 is 40.2 Å². The first kappa shape index (κ1) is 27.4. The van der Waals surface area contributed by atoms with Gasteiger partial charge in [-0.2, -0.15) is 4.98 Å². The molecule has 0 saturated heterocycles. The number of furan rings is 1. The molecule has 1 fully saturated rings. The Kier molecular flexibility index (Phi) is 7.83. The molecule has 11 heteroatoms. The number of anilines is 1. The highest BCUT2D eigenvalue weighted by atomic mass is 32.2. The summed E-state index contributed by atoms with van der Waals surface area (Å²) >= 11 is 0. The molecule has 4 rings (SSSR count). The lowest BCUT2D eigenvalue weighted by Crippen LogP contribution is -2.33. The van der Waals surface area contributed by atoms with E-state index in [1.165, 1.54) is 4.31 Å². The minimum absolute atomic E-state index is 0.107. The normalized spacial score (nSPS) is 15.5. The Morgan fingerprint density at radius 3 is 2.51 bits per heavy atom. The van der Waals surface area contributed by atoms with E-state index in [0.717, 1.165) is 35.8 Å². The van der Waals surface area contributed by atoms with E-state index in [0.29, 0.717) is 35.6 Å². The van der Waals surface area contributed by atoms with Crippen molar-refractivity contribution in [3.05, 3.63) is 47.0 Å². The predicted octanol–water partition coefficient (Wildman–Crippen LogP) is 5.14. The minimum atomic E-state index is -3.71. The van der Waals surface area contributed by atoms with Gasteiger partial charge in [0.1, 0.15) is 11.6 Å². The summed E-state index contributed by atoms with van der Waals surface area (Å²) in [6.07, 6.45) is 3.56. The van der Waals surface area contributed by atoms with Crippen molar-refractivity contribution in [3.63, 3.8) is 0 Å². The van der Waals surface area contributed by atoms with Crippen LogP contribution in [0.15, 0.2) is 34.7 Å². The number of amides is 1. The summed E-state index contributed by atoms with van der Waals surface area (Å²) in [5.74, 6) is 0.523. The van der Waals surface area contributed by atoms with Crippen LogP contribution in [0.25, 0.3) is 22.4 Å². The molecule has 0 aliphatic heterocycles. The van der Waals surface area contributed by atoms with E-state index in [1.54, 1.807) is 20.6 Å². The molecule has 3 aromatic rings. The highest BCUT2D eigenvalue weighted by molar-refractivity contribution is 7.92. The maximum absolute atomic E-state index is 13.0. The second kappa shape index (κ2) is 10.6. The van der Waals surface area contributed by atoms with Crippen molar-refractivity contribution in [2.75, 3.05) is 43.6 Å². The molecule has 1 amide bonds. The van der Waals surface area contributed by atoms with Gasteiger partial charge in [-0.15, -0.1) is 0 Å². The average molecular weight is 548 g/mol. The topological polar surface area (TPSA) is 119 Å². The van der Waals surface area contributed by atoms with Gasteiger partial charge in [0, 0.05) is 32.0 Å². The molecular weight excluding hydrogens is 513 g/mol. The van der Waals surface area contributed by atoms with Crippen molar-refractivity contribution in [2.24, 2.45) is 0 Å². The van der Waals surface area contributed by atoms with E-state index in [4.69, 9.17) is 13.9 Å². The summed E-state index contributed by atoms with van der Waals surface area (Å²) in [6, 6.07) is 9.48. The minimum Gasteiger partial charge on any atom is -0.437 e. The Bertz CT molecular complexity index is 1460. The molecule has 0 radical (unpaired) electrons. The largest absolute Gasteiger partial charge is 0.437 e. The summed E-state index contributed by atoms with van der Waals surface area (Å²) in [4.78, 5) is 17.7. The van der Waals surface area contributed by atoms with Crippen LogP contribution in [0.3, 0.4) is 0 Å². The van der Waals surface area contributed by atoms with Crippen LogP contribution in [0, 0.1) is 6.92 Å². The molecule has 200 valence electrons. The van der Waals surface area contributed by atoms with E-state index in [9.17, 15) is 17.8 Å². The first-order chi connectivity index (χ1) is 17.4. The van der Waals surface area contributed by atoms with E-state index >= 15 is 0 Å². The van der Waals surface area contributed by atoms with E-state index in [-0.39, 0.29) is 30.2 Å². The number of carbonyl (C=O) groups excluding carboxylic acids is 1. The second-order valence-corrected chi connectivity index (χ2v) is 14.3. The maximum Gasteiger partial charge on any atom is 0.255 e. The van der Waals surface area contributed by atoms with Crippen LogP contribution in [0.2, 0.25) is 0 Å². The van der Waals surface area contributed by atoms with Gasteiger partial charge < -0.3 is 14.3 Å². The number of sulfonamides is 1. The molecule has 1 aliphatic carbocycles. The Balaban J connectivity index is 1.84. The molecule has 1 N–H and O–H groups in total. The average Bonchev–Trinajstić information content (AvgIpc) is 3.61. The lowest BCUT2D eigenvalue weighted by molar-refractivity contribution is 0.0964. The quantitative estimate of drug-likeness (QED) is 0.330. The summed E-state index contributed by atoms with van der Waals surface area (Å²) in [7, 11) is -4.96. The zero-order valence-electron chi connectivity index (χ0n) is 21.9. The number of hydrogen-bond acceptors (Lipinski definition) is 7. The lowest BCUT2D eigenvalue weighted by Gasteiger charge is -2.24. The van der Waals surface area contributed by atoms with E-state index in [1.807, 2.05) is 37.3 Å². The fourth-order valence-corrected chi connectivity index (χ4v) is 6.76. The lowest BCUT2D eigenvalue weighted by atomic mass is 10.0. The zero-order chi connectivity index (χ0) is 27.0. The molecule has 37 heavy (non-hydrogen) atoms. The van der Waals surface area contributed by atoms with Gasteiger partial charge in [0.15, 0.2) is 7.37 Å². The van der Waals surface area contributed by atoms with Crippen LogP contribution in [-0.2, 0) is 19.1 Å². The fourth-order valence-electron chi connectivity index (χ4n) is 4.45. The Labute approximate surface area is 218 Å². The maximum atomic E-state index is 13.0. The number of carbonyl (C=O) groups is 1. The van der Waals surface area contributed by atoms with Crippen molar-refractivity contribution in [1.82, 2.24) is 10.3 Å². The highest BCUT2D eigenvalue weighted by Gasteiger charge is 2.34. The summed E-state index contributed by atoms with van der Waals surface area (Å²) < 4.78 is 51.2. The number of hydrogen-bond donors (Lipinski definition) is 1. The Morgan fingerprint density at radius 2 is 1.95 bits per heavy atom. The molecular formula is C26H34N3O6PS.